The van der Waals surface area contributed by atoms with Gasteiger partial charge < -0.3 is 34.7 Å². The fourth-order valence-corrected chi connectivity index (χ4v) is 7.58. The number of thioether (sulfide) groups is 1. The minimum Gasteiger partial charge on any atom is -0.493 e. The summed E-state index contributed by atoms with van der Waals surface area (Å²) in [4.78, 5) is 45.9. The number of anilines is 1. The molecule has 252 valence electrons. The van der Waals surface area contributed by atoms with Crippen LogP contribution in [-0.4, -0.2) is 67.6 Å². The van der Waals surface area contributed by atoms with Gasteiger partial charge in [-0.1, -0.05) is 24.3 Å². The Morgan fingerprint density at radius 1 is 1.04 bits per heavy atom. The van der Waals surface area contributed by atoms with Gasteiger partial charge in [-0.2, -0.15) is 11.8 Å². The second-order valence-electron chi connectivity index (χ2n) is 12.2. The maximum atomic E-state index is 14.1. The normalized spacial score (nSPS) is 15.8. The van der Waals surface area contributed by atoms with Crippen LogP contribution in [0.15, 0.2) is 53.3 Å². The van der Waals surface area contributed by atoms with Gasteiger partial charge in [0.25, 0.3) is 0 Å². The topological polar surface area (TPSA) is 122 Å². The second-order valence-corrected chi connectivity index (χ2v) is 13.2. The summed E-state index contributed by atoms with van der Waals surface area (Å²) in [6, 6.07) is 14.3. The van der Waals surface area contributed by atoms with Gasteiger partial charge >= 0.3 is 0 Å². The van der Waals surface area contributed by atoms with Crippen LogP contribution in [0, 0.1) is 0 Å². The van der Waals surface area contributed by atoms with Crippen LogP contribution in [0.25, 0.3) is 22.0 Å². The molecule has 11 heteroatoms. The highest BCUT2D eigenvalue weighted by molar-refractivity contribution is 7.98. The van der Waals surface area contributed by atoms with E-state index in [9.17, 15) is 14.4 Å². The van der Waals surface area contributed by atoms with Gasteiger partial charge in [0, 0.05) is 35.6 Å². The van der Waals surface area contributed by atoms with Gasteiger partial charge in [-0.25, -0.2) is 0 Å². The minimum absolute atomic E-state index is 0.0409. The maximum absolute atomic E-state index is 14.1. The van der Waals surface area contributed by atoms with Gasteiger partial charge in [0.1, 0.15) is 6.04 Å². The summed E-state index contributed by atoms with van der Waals surface area (Å²) in [6.07, 6.45) is 4.49. The van der Waals surface area contributed by atoms with E-state index >= 15 is 0 Å². The largest absolute Gasteiger partial charge is 0.493 e. The summed E-state index contributed by atoms with van der Waals surface area (Å²) in [5.74, 6) is 1.97. The van der Waals surface area contributed by atoms with Crippen LogP contribution >= 0.6 is 11.8 Å². The molecule has 10 nitrogen and oxygen atoms in total. The first-order valence-electron chi connectivity index (χ1n) is 16.2. The molecule has 2 aliphatic rings. The van der Waals surface area contributed by atoms with Crippen LogP contribution < -0.4 is 30.3 Å². The summed E-state index contributed by atoms with van der Waals surface area (Å²) in [5.41, 5.74) is 6.57. The van der Waals surface area contributed by atoms with Crippen molar-refractivity contribution in [1.82, 2.24) is 15.2 Å². The van der Waals surface area contributed by atoms with Crippen molar-refractivity contribution in [1.29, 1.82) is 0 Å². The third-order valence-corrected chi connectivity index (χ3v) is 9.99. The highest BCUT2D eigenvalue weighted by Crippen LogP contribution is 2.50. The van der Waals surface area contributed by atoms with Gasteiger partial charge in [0.2, 0.25) is 23.0 Å². The zero-order valence-electron chi connectivity index (χ0n) is 28.0. The average molecular weight is 671 g/mol. The Labute approximate surface area is 284 Å². The third kappa shape index (κ3) is 6.31. The van der Waals surface area contributed by atoms with Crippen LogP contribution in [0.5, 0.6) is 17.2 Å². The molecule has 3 aromatic carbocycles. The molecular weight excluding hydrogens is 628 g/mol. The predicted molar refractivity (Wildman–Crippen MR) is 191 cm³/mol. The van der Waals surface area contributed by atoms with E-state index in [2.05, 4.69) is 27.8 Å². The second kappa shape index (κ2) is 14.2. The molecular formula is C37H42N4O6S. The third-order valence-electron chi connectivity index (χ3n) is 9.35. The highest BCUT2D eigenvalue weighted by Gasteiger charge is 2.31. The average Bonchev–Trinajstić information content (AvgIpc) is 3.31. The zero-order chi connectivity index (χ0) is 33.9. The standard InChI is InChI=1S/C37H42N4O6S/c1-21(42)38-28-12-10-22-18-33(45-2)35(46-3)36(47-4)34(22)25-11-13-29(32(43)19-26(25)28)40-30(15-17-48-5)37(44)41-16-14-24-23-8-6-7-9-27(23)39-31(24)20-41/h6-9,11,13,18-19,28,30,39H,10,12,14-17,20H2,1-5H3,(H,38,42)(H,40,43)/t28-,30-/m1/s1. The number of hydrogen-bond acceptors (Lipinski definition) is 8. The molecule has 0 saturated carbocycles. The van der Waals surface area contributed by atoms with Crippen molar-refractivity contribution in [3.05, 3.63) is 81.1 Å². The molecule has 0 bridgehead atoms. The van der Waals surface area contributed by atoms with Crippen molar-refractivity contribution < 1.29 is 23.8 Å². The molecule has 1 aliphatic carbocycles. The van der Waals surface area contributed by atoms with Crippen molar-refractivity contribution in [3.8, 4) is 28.4 Å². The van der Waals surface area contributed by atoms with E-state index < -0.39 is 12.1 Å². The monoisotopic (exact) mass is 670 g/mol. The lowest BCUT2D eigenvalue weighted by molar-refractivity contribution is -0.133. The number of para-hydroxylation sites is 1. The van der Waals surface area contributed by atoms with E-state index in [1.54, 1.807) is 45.2 Å². The number of amides is 2. The first kappa shape index (κ1) is 33.3. The molecule has 2 heterocycles. The summed E-state index contributed by atoms with van der Waals surface area (Å²) in [7, 11) is 4.71. The Hall–Kier alpha value is -4.64. The number of H-pyrrole nitrogens is 1. The quantitative estimate of drug-likeness (QED) is 0.203. The van der Waals surface area contributed by atoms with E-state index in [0.29, 0.717) is 60.9 Å². The van der Waals surface area contributed by atoms with E-state index in [4.69, 9.17) is 14.2 Å². The Kier molecular flexibility index (Phi) is 9.86. The maximum Gasteiger partial charge on any atom is 0.245 e. The van der Waals surface area contributed by atoms with Crippen LogP contribution in [0.1, 0.15) is 48.2 Å². The Morgan fingerprint density at radius 2 is 1.83 bits per heavy atom. The van der Waals surface area contributed by atoms with Gasteiger partial charge in [0.05, 0.1) is 39.6 Å². The number of aryl methyl sites for hydroxylation is 1. The van der Waals surface area contributed by atoms with Gasteiger partial charge in [-0.3, -0.25) is 14.4 Å². The SMILES string of the molecule is COc1cc2c(c(OC)c1OC)-c1ccc(N[C@H](CCSC)C(=O)N3CCc4c([nH]c5ccccc45)C3)c(=O)cc1[C@H](NC(C)=O)CC2. The number of hydrogen-bond donors (Lipinski definition) is 3. The fourth-order valence-electron chi connectivity index (χ4n) is 7.11. The van der Waals surface area contributed by atoms with E-state index in [0.717, 1.165) is 40.1 Å². The molecule has 0 fully saturated rings. The molecule has 0 spiro atoms. The van der Waals surface area contributed by atoms with Crippen molar-refractivity contribution >= 4 is 40.2 Å². The number of rotatable bonds is 10. The molecule has 48 heavy (non-hydrogen) atoms. The van der Waals surface area contributed by atoms with Crippen LogP contribution in [0.3, 0.4) is 0 Å². The molecule has 1 aliphatic heterocycles. The Balaban J connectivity index is 1.39. The van der Waals surface area contributed by atoms with Crippen LogP contribution in [0.2, 0.25) is 0 Å². The number of carbonyl (C=O) groups excluding carboxylic acids is 2. The first-order valence-corrected chi connectivity index (χ1v) is 17.6. The lowest BCUT2D eigenvalue weighted by atomic mass is 9.95. The van der Waals surface area contributed by atoms with Crippen LogP contribution in [-0.2, 0) is 29.0 Å². The summed E-state index contributed by atoms with van der Waals surface area (Å²) in [5, 5.41) is 7.60. The van der Waals surface area contributed by atoms with Crippen molar-refractivity contribution in [2.45, 2.75) is 51.2 Å². The number of aromatic amines is 1. The molecule has 2 amide bonds. The van der Waals surface area contributed by atoms with Gasteiger partial charge in [-0.05, 0) is 84.2 Å². The minimum atomic E-state index is -0.601. The van der Waals surface area contributed by atoms with Crippen LogP contribution in [0.4, 0.5) is 5.69 Å². The molecule has 1 aromatic heterocycles. The predicted octanol–water partition coefficient (Wildman–Crippen LogP) is 5.46. The zero-order valence-corrected chi connectivity index (χ0v) is 28.8. The first-order chi connectivity index (χ1) is 23.3. The number of ether oxygens (including phenoxy) is 3. The number of fused-ring (bicyclic) bond motifs is 6. The number of carbonyl (C=O) groups is 2. The highest BCUT2D eigenvalue weighted by atomic mass is 32.2. The fraction of sp³-hybridized carbons (Fsp3) is 0.378. The molecule has 6 rings (SSSR count). The summed E-state index contributed by atoms with van der Waals surface area (Å²) >= 11 is 1.66. The molecule has 2 atom stereocenters. The number of nitrogens with one attached hydrogen (secondary N) is 3. The van der Waals surface area contributed by atoms with Crippen molar-refractivity contribution in [2.24, 2.45) is 0 Å². The van der Waals surface area contributed by atoms with E-state index in [1.165, 1.54) is 17.9 Å². The molecule has 3 N–H and O–H groups in total. The number of benzene rings is 2. The molecule has 0 unspecified atom stereocenters. The molecule has 0 radical (unpaired) electrons. The van der Waals surface area contributed by atoms with E-state index in [-0.39, 0.29) is 17.2 Å². The number of aromatic nitrogens is 1. The van der Waals surface area contributed by atoms with Gasteiger partial charge in [0.15, 0.2) is 11.5 Å². The van der Waals surface area contributed by atoms with Crippen molar-refractivity contribution in [3.63, 3.8) is 0 Å². The number of nitrogens with zero attached hydrogens (tertiary/aromatic N) is 1. The smallest absolute Gasteiger partial charge is 0.245 e. The lowest BCUT2D eigenvalue weighted by Crippen LogP contribution is -2.45. The lowest BCUT2D eigenvalue weighted by Gasteiger charge is -2.31. The summed E-state index contributed by atoms with van der Waals surface area (Å²) in [6.45, 7) is 2.56. The molecule has 4 aromatic rings. The number of methoxy groups -OCH3 is 3. The Bertz CT molecular complexity index is 1920. The molecule has 0 saturated heterocycles. The van der Waals surface area contributed by atoms with E-state index in [1.807, 2.05) is 35.4 Å². The summed E-state index contributed by atoms with van der Waals surface area (Å²) < 4.78 is 17.3. The van der Waals surface area contributed by atoms with Crippen molar-refractivity contribution in [2.75, 3.05) is 45.2 Å². The Morgan fingerprint density at radius 3 is 2.56 bits per heavy atom. The van der Waals surface area contributed by atoms with Gasteiger partial charge in [-0.15, -0.1) is 0 Å².